The molecule has 1 aromatic rings. The molecule has 0 aliphatic carbocycles. The monoisotopic (exact) mass is 197 g/mol. The van der Waals surface area contributed by atoms with Gasteiger partial charge in [-0.2, -0.15) is 0 Å². The lowest BCUT2D eigenvalue weighted by Gasteiger charge is -2.11. The molecular formula is C11H13F2N. The fourth-order valence-electron chi connectivity index (χ4n) is 1.24. The molecule has 0 aliphatic heterocycles. The number of nitrogens with two attached hydrogens (primary N) is 1. The Bertz CT molecular complexity index is 347. The lowest BCUT2D eigenvalue weighted by Crippen LogP contribution is -2.10. The van der Waals surface area contributed by atoms with Gasteiger partial charge in [-0.15, -0.1) is 6.58 Å². The van der Waals surface area contributed by atoms with Gasteiger partial charge in [0.05, 0.1) is 0 Å². The average Bonchev–Trinajstić information content (AvgIpc) is 2.08. The van der Waals surface area contributed by atoms with Crippen LogP contribution in [0.2, 0.25) is 0 Å². The van der Waals surface area contributed by atoms with Crippen molar-refractivity contribution in [3.63, 3.8) is 0 Å². The van der Waals surface area contributed by atoms with E-state index in [0.29, 0.717) is 12.0 Å². The van der Waals surface area contributed by atoms with Gasteiger partial charge in [0, 0.05) is 6.04 Å². The summed E-state index contributed by atoms with van der Waals surface area (Å²) in [6.45, 7) is 5.56. The van der Waals surface area contributed by atoms with Crippen molar-refractivity contribution in [2.45, 2.75) is 19.4 Å². The van der Waals surface area contributed by atoms with Gasteiger partial charge in [0.15, 0.2) is 11.6 Å². The molecule has 1 rings (SSSR count). The Labute approximate surface area is 82.2 Å². The first-order chi connectivity index (χ1) is 6.50. The highest BCUT2D eigenvalue weighted by molar-refractivity contribution is 5.22. The molecule has 3 heteroatoms. The average molecular weight is 197 g/mol. The quantitative estimate of drug-likeness (QED) is 0.741. The fourth-order valence-corrected chi connectivity index (χ4v) is 1.24. The molecular weight excluding hydrogens is 184 g/mol. The van der Waals surface area contributed by atoms with Gasteiger partial charge >= 0.3 is 0 Å². The normalized spacial score (nSPS) is 12.6. The Morgan fingerprint density at radius 3 is 2.57 bits per heavy atom. The molecule has 0 spiro atoms. The maximum absolute atomic E-state index is 12.8. The summed E-state index contributed by atoms with van der Waals surface area (Å²) in [5.41, 5.74) is 7.27. The van der Waals surface area contributed by atoms with Gasteiger partial charge in [0.25, 0.3) is 0 Å². The van der Waals surface area contributed by atoms with E-state index in [0.717, 1.165) is 17.7 Å². The maximum Gasteiger partial charge on any atom is 0.159 e. The van der Waals surface area contributed by atoms with Crippen molar-refractivity contribution >= 4 is 0 Å². The topological polar surface area (TPSA) is 26.0 Å². The van der Waals surface area contributed by atoms with E-state index >= 15 is 0 Å². The van der Waals surface area contributed by atoms with Crippen molar-refractivity contribution in [3.8, 4) is 0 Å². The van der Waals surface area contributed by atoms with Crippen LogP contribution in [0.5, 0.6) is 0 Å². The number of rotatable bonds is 3. The minimum absolute atomic E-state index is 0.317. The summed E-state index contributed by atoms with van der Waals surface area (Å²) in [5.74, 6) is -1.71. The first-order valence-electron chi connectivity index (χ1n) is 4.35. The van der Waals surface area contributed by atoms with Gasteiger partial charge < -0.3 is 5.73 Å². The largest absolute Gasteiger partial charge is 0.324 e. The zero-order chi connectivity index (χ0) is 10.7. The van der Waals surface area contributed by atoms with Crippen LogP contribution in [0, 0.1) is 11.6 Å². The van der Waals surface area contributed by atoms with Crippen LogP contribution < -0.4 is 5.73 Å². The third-order valence-electron chi connectivity index (χ3n) is 1.94. The summed E-state index contributed by atoms with van der Waals surface area (Å²) in [4.78, 5) is 0. The second kappa shape index (κ2) is 4.33. The minimum atomic E-state index is -0.861. The van der Waals surface area contributed by atoms with Gasteiger partial charge in [0.1, 0.15) is 0 Å². The summed E-state index contributed by atoms with van der Waals surface area (Å²) < 4.78 is 25.4. The first kappa shape index (κ1) is 10.9. The number of hydrogen-bond donors (Lipinski definition) is 1. The maximum atomic E-state index is 12.8. The van der Waals surface area contributed by atoms with Gasteiger partial charge in [0.2, 0.25) is 0 Å². The molecule has 0 heterocycles. The van der Waals surface area contributed by atoms with E-state index in [2.05, 4.69) is 6.58 Å². The molecule has 1 aromatic carbocycles. The van der Waals surface area contributed by atoms with Gasteiger partial charge in [-0.25, -0.2) is 8.78 Å². The van der Waals surface area contributed by atoms with Crippen LogP contribution in [-0.4, -0.2) is 0 Å². The van der Waals surface area contributed by atoms with Crippen molar-refractivity contribution < 1.29 is 8.78 Å². The standard InChI is InChI=1S/C11H13F2N/c1-7(2)5-11(14)8-3-4-9(12)10(13)6-8/h3-4,6,11H,1,5,14H2,2H3/t11-/m1/s1. The summed E-state index contributed by atoms with van der Waals surface area (Å²) in [6.07, 6.45) is 0.574. The van der Waals surface area contributed by atoms with Crippen LogP contribution >= 0.6 is 0 Å². The van der Waals surface area contributed by atoms with Gasteiger partial charge in [-0.3, -0.25) is 0 Å². The third kappa shape index (κ3) is 2.64. The molecule has 0 aliphatic rings. The van der Waals surface area contributed by atoms with Crippen molar-refractivity contribution in [3.05, 3.63) is 47.5 Å². The van der Waals surface area contributed by atoms with E-state index < -0.39 is 11.6 Å². The van der Waals surface area contributed by atoms with E-state index in [1.165, 1.54) is 6.07 Å². The molecule has 1 atom stereocenters. The van der Waals surface area contributed by atoms with E-state index in [1.807, 2.05) is 6.92 Å². The third-order valence-corrected chi connectivity index (χ3v) is 1.94. The van der Waals surface area contributed by atoms with Gasteiger partial charge in [-0.1, -0.05) is 11.6 Å². The van der Waals surface area contributed by atoms with Crippen LogP contribution in [0.1, 0.15) is 24.9 Å². The highest BCUT2D eigenvalue weighted by atomic mass is 19.2. The van der Waals surface area contributed by atoms with E-state index in [-0.39, 0.29) is 6.04 Å². The summed E-state index contributed by atoms with van der Waals surface area (Å²) in [5, 5.41) is 0. The first-order valence-corrected chi connectivity index (χ1v) is 4.35. The fraction of sp³-hybridized carbons (Fsp3) is 0.273. The zero-order valence-corrected chi connectivity index (χ0v) is 8.06. The molecule has 14 heavy (non-hydrogen) atoms. The van der Waals surface area contributed by atoms with Gasteiger partial charge in [-0.05, 0) is 31.0 Å². The Morgan fingerprint density at radius 2 is 2.07 bits per heavy atom. The van der Waals surface area contributed by atoms with Crippen LogP contribution in [0.25, 0.3) is 0 Å². The Morgan fingerprint density at radius 1 is 1.43 bits per heavy atom. The van der Waals surface area contributed by atoms with Crippen LogP contribution in [-0.2, 0) is 0 Å². The lowest BCUT2D eigenvalue weighted by molar-refractivity contribution is 0.505. The predicted molar refractivity (Wildman–Crippen MR) is 52.7 cm³/mol. The summed E-state index contributed by atoms with van der Waals surface area (Å²) in [6, 6.07) is 3.39. The minimum Gasteiger partial charge on any atom is -0.324 e. The molecule has 0 bridgehead atoms. The number of halogens is 2. The van der Waals surface area contributed by atoms with E-state index in [4.69, 9.17) is 5.73 Å². The second-order valence-corrected chi connectivity index (χ2v) is 3.44. The molecule has 0 amide bonds. The molecule has 0 saturated carbocycles. The Balaban J connectivity index is 2.85. The lowest BCUT2D eigenvalue weighted by atomic mass is 10.0. The molecule has 0 unspecified atom stereocenters. The highest BCUT2D eigenvalue weighted by Gasteiger charge is 2.09. The van der Waals surface area contributed by atoms with Crippen LogP contribution in [0.15, 0.2) is 30.4 Å². The molecule has 76 valence electrons. The van der Waals surface area contributed by atoms with Crippen molar-refractivity contribution in [2.75, 3.05) is 0 Å². The highest BCUT2D eigenvalue weighted by Crippen LogP contribution is 2.19. The van der Waals surface area contributed by atoms with Crippen LogP contribution in [0.4, 0.5) is 8.78 Å². The van der Waals surface area contributed by atoms with Crippen molar-refractivity contribution in [1.29, 1.82) is 0 Å². The van der Waals surface area contributed by atoms with E-state index in [9.17, 15) is 8.78 Å². The molecule has 0 aromatic heterocycles. The zero-order valence-electron chi connectivity index (χ0n) is 8.06. The molecule has 0 fully saturated rings. The summed E-state index contributed by atoms with van der Waals surface area (Å²) in [7, 11) is 0. The molecule has 0 saturated heterocycles. The van der Waals surface area contributed by atoms with Crippen molar-refractivity contribution in [1.82, 2.24) is 0 Å². The number of benzene rings is 1. The van der Waals surface area contributed by atoms with E-state index in [1.54, 1.807) is 0 Å². The number of hydrogen-bond acceptors (Lipinski definition) is 1. The Kier molecular flexibility index (Phi) is 3.36. The predicted octanol–water partition coefficient (Wildman–Crippen LogP) is 2.93. The smallest absolute Gasteiger partial charge is 0.159 e. The Hall–Kier alpha value is -1.22. The second-order valence-electron chi connectivity index (χ2n) is 3.44. The van der Waals surface area contributed by atoms with Crippen LogP contribution in [0.3, 0.4) is 0 Å². The SMILES string of the molecule is C=C(C)C[C@@H](N)c1ccc(F)c(F)c1. The van der Waals surface area contributed by atoms with Crippen molar-refractivity contribution in [2.24, 2.45) is 5.73 Å². The summed E-state index contributed by atoms with van der Waals surface area (Å²) >= 11 is 0. The molecule has 1 nitrogen and oxygen atoms in total. The molecule has 0 radical (unpaired) electrons. The molecule has 2 N–H and O–H groups in total.